The molecule has 0 bridgehead atoms. The number of aromatic nitrogens is 3. The van der Waals surface area contributed by atoms with Crippen molar-refractivity contribution in [3.63, 3.8) is 0 Å². The summed E-state index contributed by atoms with van der Waals surface area (Å²) in [5, 5.41) is 0.304. The van der Waals surface area contributed by atoms with Gasteiger partial charge in [0.2, 0.25) is 0 Å². The number of esters is 1. The highest BCUT2D eigenvalue weighted by Crippen LogP contribution is 2.36. The zero-order valence-corrected chi connectivity index (χ0v) is 14.4. The molecule has 3 heterocycles. The minimum absolute atomic E-state index is 0.199. The van der Waals surface area contributed by atoms with Crippen molar-refractivity contribution < 1.29 is 9.53 Å². The molecule has 0 unspecified atom stereocenters. The topological polar surface area (TPSA) is 82.5 Å². The van der Waals surface area contributed by atoms with Crippen LogP contribution in [-0.4, -0.2) is 26.9 Å². The number of carbonyl (C=O) groups is 1. The Morgan fingerprint density at radius 3 is 3.00 bits per heavy atom. The van der Waals surface area contributed by atoms with Crippen molar-refractivity contribution in [2.75, 3.05) is 12.3 Å². The fourth-order valence-electron chi connectivity index (χ4n) is 2.10. The second-order valence-corrected chi connectivity index (χ2v) is 6.42. The predicted molar refractivity (Wildman–Crippen MR) is 89.1 cm³/mol. The molecular formula is C14H13BrN4O2S. The number of hydrogen-bond donors (Lipinski definition) is 1. The fourth-order valence-corrected chi connectivity index (χ4v) is 3.62. The standard InChI is InChI=1S/C14H13BrN4O2S/c1-3-21-13(20)10-11(22-14(16)18-10)9-12(15)19-5-4-7(2)6-8(19)17-9/h4-6H,3H2,1-2H3,(H2,16,18). The van der Waals surface area contributed by atoms with Gasteiger partial charge in [0.15, 0.2) is 10.8 Å². The van der Waals surface area contributed by atoms with E-state index in [9.17, 15) is 4.79 Å². The second kappa shape index (κ2) is 5.69. The molecule has 0 saturated heterocycles. The summed E-state index contributed by atoms with van der Waals surface area (Å²) in [6, 6.07) is 3.94. The van der Waals surface area contributed by atoms with Gasteiger partial charge in [-0.15, -0.1) is 0 Å². The molecule has 22 heavy (non-hydrogen) atoms. The Kier molecular flexibility index (Phi) is 3.88. The Morgan fingerprint density at radius 2 is 2.27 bits per heavy atom. The van der Waals surface area contributed by atoms with E-state index in [1.807, 2.05) is 29.7 Å². The van der Waals surface area contributed by atoms with Gasteiger partial charge in [-0.1, -0.05) is 11.3 Å². The molecule has 0 aromatic carbocycles. The van der Waals surface area contributed by atoms with Crippen molar-refractivity contribution in [1.29, 1.82) is 0 Å². The SMILES string of the molecule is CCOC(=O)c1nc(N)sc1-c1nc2cc(C)ccn2c1Br. The zero-order valence-electron chi connectivity index (χ0n) is 12.0. The molecule has 0 aliphatic carbocycles. The molecule has 0 spiro atoms. The monoisotopic (exact) mass is 380 g/mol. The van der Waals surface area contributed by atoms with Gasteiger partial charge in [-0.25, -0.2) is 14.8 Å². The van der Waals surface area contributed by atoms with Gasteiger partial charge in [-0.2, -0.15) is 0 Å². The summed E-state index contributed by atoms with van der Waals surface area (Å²) < 4.78 is 7.68. The Labute approximate surface area is 139 Å². The Bertz CT molecular complexity index is 871. The molecule has 2 N–H and O–H groups in total. The molecule has 114 valence electrons. The van der Waals surface area contributed by atoms with Crippen LogP contribution in [0.25, 0.3) is 16.2 Å². The number of nitrogen functional groups attached to an aromatic ring is 1. The zero-order chi connectivity index (χ0) is 15.9. The molecular weight excluding hydrogens is 368 g/mol. The van der Waals surface area contributed by atoms with Gasteiger partial charge in [0.25, 0.3) is 0 Å². The largest absolute Gasteiger partial charge is 0.461 e. The quantitative estimate of drug-likeness (QED) is 0.704. The third-order valence-electron chi connectivity index (χ3n) is 3.05. The smallest absolute Gasteiger partial charge is 0.358 e. The van der Waals surface area contributed by atoms with E-state index in [1.54, 1.807) is 6.92 Å². The molecule has 3 aromatic rings. The van der Waals surface area contributed by atoms with E-state index >= 15 is 0 Å². The Hall–Kier alpha value is -1.93. The Morgan fingerprint density at radius 1 is 1.50 bits per heavy atom. The number of thiazole rings is 1. The molecule has 0 saturated carbocycles. The van der Waals surface area contributed by atoms with Gasteiger partial charge >= 0.3 is 5.97 Å². The summed E-state index contributed by atoms with van der Waals surface area (Å²) in [7, 11) is 0. The number of aryl methyl sites for hydroxylation is 1. The number of rotatable bonds is 3. The predicted octanol–water partition coefficient (Wildman–Crippen LogP) is 3.29. The molecule has 6 nitrogen and oxygen atoms in total. The van der Waals surface area contributed by atoms with E-state index in [4.69, 9.17) is 10.5 Å². The van der Waals surface area contributed by atoms with Crippen molar-refractivity contribution in [3.8, 4) is 10.6 Å². The molecule has 8 heteroatoms. The van der Waals surface area contributed by atoms with Crippen LogP contribution in [0.4, 0.5) is 5.13 Å². The van der Waals surface area contributed by atoms with Crippen molar-refractivity contribution in [3.05, 3.63) is 34.2 Å². The van der Waals surface area contributed by atoms with Gasteiger partial charge < -0.3 is 10.5 Å². The minimum Gasteiger partial charge on any atom is -0.461 e. The number of ether oxygens (including phenoxy) is 1. The van der Waals surface area contributed by atoms with Crippen LogP contribution in [0.5, 0.6) is 0 Å². The third-order valence-corrected chi connectivity index (χ3v) is 4.70. The molecule has 0 atom stereocenters. The molecule has 0 aliphatic rings. The number of carbonyl (C=O) groups excluding carboxylic acids is 1. The van der Waals surface area contributed by atoms with E-state index < -0.39 is 5.97 Å². The first-order valence-electron chi connectivity index (χ1n) is 6.59. The van der Waals surface area contributed by atoms with Crippen LogP contribution in [-0.2, 0) is 4.74 Å². The van der Waals surface area contributed by atoms with Crippen molar-refractivity contribution >= 4 is 44.0 Å². The number of nitrogens with two attached hydrogens (primary N) is 1. The first-order valence-corrected chi connectivity index (χ1v) is 8.20. The third kappa shape index (κ3) is 2.48. The molecule has 0 radical (unpaired) electrons. The van der Waals surface area contributed by atoms with Gasteiger partial charge in [-0.05, 0) is 47.5 Å². The van der Waals surface area contributed by atoms with Crippen molar-refractivity contribution in [2.45, 2.75) is 13.8 Å². The second-order valence-electron chi connectivity index (χ2n) is 4.63. The lowest BCUT2D eigenvalue weighted by Gasteiger charge is -2.00. The van der Waals surface area contributed by atoms with Crippen LogP contribution in [0.2, 0.25) is 0 Å². The number of hydrogen-bond acceptors (Lipinski definition) is 6. The van der Waals surface area contributed by atoms with E-state index in [2.05, 4.69) is 25.9 Å². The number of imidazole rings is 1. The first kappa shape index (κ1) is 15.0. The number of pyridine rings is 1. The van der Waals surface area contributed by atoms with Crippen LogP contribution < -0.4 is 5.73 Å². The maximum absolute atomic E-state index is 12.0. The summed E-state index contributed by atoms with van der Waals surface area (Å²) in [6.45, 7) is 4.02. The average Bonchev–Trinajstić information content (AvgIpc) is 3.00. The molecule has 3 aromatic heterocycles. The number of fused-ring (bicyclic) bond motifs is 1. The van der Waals surface area contributed by atoms with E-state index in [-0.39, 0.29) is 12.3 Å². The normalized spacial score (nSPS) is 11.0. The minimum atomic E-state index is -0.495. The van der Waals surface area contributed by atoms with Crippen LogP contribution in [0.15, 0.2) is 22.9 Å². The average molecular weight is 381 g/mol. The van der Waals surface area contributed by atoms with Gasteiger partial charge in [-0.3, -0.25) is 4.40 Å². The van der Waals surface area contributed by atoms with Crippen LogP contribution in [0.1, 0.15) is 23.0 Å². The molecule has 3 rings (SSSR count). The summed E-state index contributed by atoms with van der Waals surface area (Å²) >= 11 is 4.75. The lowest BCUT2D eigenvalue weighted by Crippen LogP contribution is -2.06. The van der Waals surface area contributed by atoms with Crippen molar-refractivity contribution in [1.82, 2.24) is 14.4 Å². The fraction of sp³-hybridized carbons (Fsp3) is 0.214. The van der Waals surface area contributed by atoms with Crippen LogP contribution in [0, 0.1) is 6.92 Å². The molecule has 0 amide bonds. The highest BCUT2D eigenvalue weighted by atomic mass is 79.9. The lowest BCUT2D eigenvalue weighted by molar-refractivity contribution is 0.0521. The number of nitrogens with zero attached hydrogens (tertiary/aromatic N) is 3. The van der Waals surface area contributed by atoms with E-state index in [1.165, 1.54) is 11.3 Å². The molecule has 0 fully saturated rings. The van der Waals surface area contributed by atoms with Crippen LogP contribution >= 0.6 is 27.3 Å². The summed E-state index contributed by atoms with van der Waals surface area (Å²) in [5.41, 5.74) is 8.48. The van der Waals surface area contributed by atoms with Crippen LogP contribution in [0.3, 0.4) is 0 Å². The van der Waals surface area contributed by atoms with Crippen molar-refractivity contribution in [2.24, 2.45) is 0 Å². The Balaban J connectivity index is 2.19. The molecule has 0 aliphatic heterocycles. The number of halogens is 1. The van der Waals surface area contributed by atoms with E-state index in [0.717, 1.165) is 15.8 Å². The summed E-state index contributed by atoms with van der Waals surface area (Å²) in [5.74, 6) is -0.495. The maximum atomic E-state index is 12.0. The summed E-state index contributed by atoms with van der Waals surface area (Å²) in [4.78, 5) is 21.3. The van der Waals surface area contributed by atoms with Gasteiger partial charge in [0.05, 0.1) is 11.5 Å². The highest BCUT2D eigenvalue weighted by Gasteiger charge is 2.24. The van der Waals surface area contributed by atoms with Gasteiger partial charge in [0, 0.05) is 6.20 Å². The number of anilines is 1. The highest BCUT2D eigenvalue weighted by molar-refractivity contribution is 9.10. The first-order chi connectivity index (χ1) is 10.5. The van der Waals surface area contributed by atoms with E-state index in [0.29, 0.717) is 15.7 Å². The maximum Gasteiger partial charge on any atom is 0.358 e. The van der Waals surface area contributed by atoms with Gasteiger partial charge in [0.1, 0.15) is 15.9 Å². The lowest BCUT2D eigenvalue weighted by atomic mass is 10.3. The summed E-state index contributed by atoms with van der Waals surface area (Å²) in [6.07, 6.45) is 1.92.